The summed E-state index contributed by atoms with van der Waals surface area (Å²) in [5.41, 5.74) is 6.22. The van der Waals surface area contributed by atoms with Crippen LogP contribution in [0.5, 0.6) is 0 Å². The molecule has 1 heterocycles. The van der Waals surface area contributed by atoms with Crippen LogP contribution in [0.4, 0.5) is 5.69 Å². The number of hydroxylamine groups is 1. The number of anilines is 1. The quantitative estimate of drug-likeness (QED) is 0.305. The second-order valence-corrected chi connectivity index (χ2v) is 3.13. The Labute approximate surface area is 94.3 Å². The number of fused-ring (bicyclic) bond motifs is 1. The molecule has 0 aliphatic carbocycles. The molecule has 0 bridgehead atoms. The summed E-state index contributed by atoms with van der Waals surface area (Å²) in [4.78, 5) is 14.5. The largest absolute Gasteiger partial charge is 0.368 e. The maximum absolute atomic E-state index is 10.3. The van der Waals surface area contributed by atoms with Gasteiger partial charge in [-0.25, -0.2) is 0 Å². The minimum absolute atomic E-state index is 0.267. The summed E-state index contributed by atoms with van der Waals surface area (Å²) in [6.45, 7) is 0. The number of nitrogens with two attached hydrogens (primary N) is 1. The molecule has 1 aromatic heterocycles. The van der Waals surface area contributed by atoms with Gasteiger partial charge >= 0.3 is 5.09 Å². The summed E-state index contributed by atoms with van der Waals surface area (Å²) in [5, 5.41) is 24.3. The molecule has 0 amide bonds. The van der Waals surface area contributed by atoms with Gasteiger partial charge in [0, 0.05) is 5.39 Å². The third-order valence-electron chi connectivity index (χ3n) is 2.03. The molecule has 0 saturated carbocycles. The number of nitrogens with one attached hydrogen (secondary N) is 2. The lowest BCUT2D eigenvalue weighted by atomic mass is 10.2. The van der Waals surface area contributed by atoms with E-state index in [2.05, 4.69) is 15.1 Å². The van der Waals surface area contributed by atoms with E-state index in [0.29, 0.717) is 5.06 Å². The van der Waals surface area contributed by atoms with Gasteiger partial charge in [0.15, 0.2) is 0 Å². The van der Waals surface area contributed by atoms with Crippen molar-refractivity contribution < 1.29 is 10.0 Å². The summed E-state index contributed by atoms with van der Waals surface area (Å²) >= 11 is 0. The first-order chi connectivity index (χ1) is 8.08. The van der Waals surface area contributed by atoms with Crippen LogP contribution < -0.4 is 10.8 Å². The predicted octanol–water partition coefficient (Wildman–Crippen LogP) is 0.386. The molecule has 0 saturated heterocycles. The minimum atomic E-state index is -1.04. The molecule has 4 N–H and O–H groups in total. The van der Waals surface area contributed by atoms with Crippen LogP contribution in [0, 0.1) is 15.5 Å². The first kappa shape index (κ1) is 10.7. The average molecular weight is 236 g/mol. The molecule has 2 aromatic rings. The van der Waals surface area contributed by atoms with Crippen LogP contribution in [-0.4, -0.2) is 21.2 Å². The lowest BCUT2D eigenvalue weighted by Crippen LogP contribution is -2.38. The smallest absolute Gasteiger partial charge is 0.317 e. The molecule has 0 atom stereocenters. The molecule has 2 rings (SSSR count). The summed E-state index contributed by atoms with van der Waals surface area (Å²) < 4.78 is 0. The zero-order valence-corrected chi connectivity index (χ0v) is 8.45. The van der Waals surface area contributed by atoms with Crippen molar-refractivity contribution in [2.75, 3.05) is 5.06 Å². The molecule has 9 heteroatoms. The number of aromatic nitrogens is 2. The Balaban J connectivity index is 2.40. The molecule has 0 radical (unpaired) electrons. The maximum atomic E-state index is 10.3. The van der Waals surface area contributed by atoms with Gasteiger partial charge in [0.2, 0.25) is 5.96 Å². The van der Waals surface area contributed by atoms with Crippen molar-refractivity contribution >= 4 is 22.5 Å². The second kappa shape index (κ2) is 3.96. The molecule has 17 heavy (non-hydrogen) atoms. The predicted molar refractivity (Wildman–Crippen MR) is 58.6 cm³/mol. The van der Waals surface area contributed by atoms with Crippen LogP contribution in [0.2, 0.25) is 0 Å². The van der Waals surface area contributed by atoms with Crippen LogP contribution in [0.1, 0.15) is 0 Å². The van der Waals surface area contributed by atoms with E-state index < -0.39 is 11.0 Å². The highest BCUT2D eigenvalue weighted by Gasteiger charge is 2.14. The molecule has 9 nitrogen and oxygen atoms in total. The summed E-state index contributed by atoms with van der Waals surface area (Å²) in [6.07, 6.45) is 1.54. The number of benzene rings is 1. The fourth-order valence-electron chi connectivity index (χ4n) is 1.35. The molecule has 88 valence electrons. The van der Waals surface area contributed by atoms with Crippen LogP contribution in [0.3, 0.4) is 0 Å². The monoisotopic (exact) mass is 236 g/mol. The van der Waals surface area contributed by atoms with Crippen LogP contribution in [0.15, 0.2) is 24.4 Å². The van der Waals surface area contributed by atoms with E-state index in [-0.39, 0.29) is 5.69 Å². The van der Waals surface area contributed by atoms with E-state index in [0.717, 1.165) is 10.9 Å². The summed E-state index contributed by atoms with van der Waals surface area (Å²) in [5.74, 6) is -0.593. The van der Waals surface area contributed by atoms with Gasteiger partial charge in [-0.15, -0.1) is 15.2 Å². The topological polar surface area (TPSA) is 134 Å². The zero-order valence-electron chi connectivity index (χ0n) is 8.45. The number of hydrogen-bond donors (Lipinski definition) is 3. The van der Waals surface area contributed by atoms with Crippen LogP contribution in [0.25, 0.3) is 10.9 Å². The number of aromatic amines is 1. The van der Waals surface area contributed by atoms with Gasteiger partial charge < -0.3 is 5.73 Å². The van der Waals surface area contributed by atoms with Crippen molar-refractivity contribution in [2.45, 2.75) is 0 Å². The van der Waals surface area contributed by atoms with E-state index in [1.807, 2.05) is 0 Å². The number of guanidine groups is 1. The van der Waals surface area contributed by atoms with E-state index in [4.69, 9.17) is 11.1 Å². The molecule has 0 aliphatic heterocycles. The van der Waals surface area contributed by atoms with Gasteiger partial charge in [-0.3, -0.25) is 10.5 Å². The number of hydrogen-bond acceptors (Lipinski definition) is 5. The molecule has 0 spiro atoms. The highest BCUT2D eigenvalue weighted by molar-refractivity contribution is 5.93. The van der Waals surface area contributed by atoms with Crippen molar-refractivity contribution in [3.8, 4) is 0 Å². The summed E-state index contributed by atoms with van der Waals surface area (Å²) in [7, 11) is 0. The number of nitrogens with zero attached hydrogens (tertiary/aromatic N) is 3. The zero-order chi connectivity index (χ0) is 12.4. The summed E-state index contributed by atoms with van der Waals surface area (Å²) in [6, 6.07) is 4.73. The van der Waals surface area contributed by atoms with Gasteiger partial charge in [0.05, 0.1) is 17.4 Å². The normalized spacial score (nSPS) is 10.1. The van der Waals surface area contributed by atoms with Gasteiger partial charge in [0.25, 0.3) is 0 Å². The SMILES string of the molecule is N=C(N)N(O[N+](=O)[O-])c1ccc2[nH]ncc2c1. The molecular weight excluding hydrogens is 228 g/mol. The van der Waals surface area contributed by atoms with E-state index in [1.165, 1.54) is 6.07 Å². The average Bonchev–Trinajstić information content (AvgIpc) is 2.72. The Bertz CT molecular complexity index is 579. The third-order valence-corrected chi connectivity index (χ3v) is 2.03. The van der Waals surface area contributed by atoms with E-state index in [9.17, 15) is 10.1 Å². The van der Waals surface area contributed by atoms with Crippen molar-refractivity contribution in [2.24, 2.45) is 5.73 Å². The fourth-order valence-corrected chi connectivity index (χ4v) is 1.35. The first-order valence-corrected chi connectivity index (χ1v) is 4.47. The molecule has 0 aliphatic rings. The molecule has 1 aromatic carbocycles. The number of rotatable bonds is 3. The number of H-pyrrole nitrogens is 1. The molecule has 0 fully saturated rings. The van der Waals surface area contributed by atoms with Crippen molar-refractivity contribution in [3.05, 3.63) is 34.5 Å². The standard InChI is InChI=1S/C8H8N6O3/c9-8(10)13(17-14(15)16)6-1-2-7-5(3-6)4-11-12-7/h1-4H,(H3,9,10)(H,11,12). The Morgan fingerprint density at radius 1 is 1.65 bits per heavy atom. The second-order valence-electron chi connectivity index (χ2n) is 3.13. The van der Waals surface area contributed by atoms with Gasteiger partial charge in [0.1, 0.15) is 0 Å². The van der Waals surface area contributed by atoms with Crippen molar-refractivity contribution in [3.63, 3.8) is 0 Å². The highest BCUT2D eigenvalue weighted by Crippen LogP contribution is 2.20. The van der Waals surface area contributed by atoms with Gasteiger partial charge in [-0.05, 0) is 18.2 Å². The Morgan fingerprint density at radius 2 is 2.41 bits per heavy atom. The highest BCUT2D eigenvalue weighted by atomic mass is 17.0. The van der Waals surface area contributed by atoms with Gasteiger partial charge in [-0.1, -0.05) is 0 Å². The maximum Gasteiger partial charge on any atom is 0.317 e. The van der Waals surface area contributed by atoms with Crippen molar-refractivity contribution in [1.29, 1.82) is 5.41 Å². The van der Waals surface area contributed by atoms with Crippen LogP contribution >= 0.6 is 0 Å². The van der Waals surface area contributed by atoms with Gasteiger partial charge in [-0.2, -0.15) is 10.0 Å². The minimum Gasteiger partial charge on any atom is -0.368 e. The van der Waals surface area contributed by atoms with E-state index >= 15 is 0 Å². The molecular formula is C8H8N6O3. The fraction of sp³-hybridized carbons (Fsp3) is 0. The lowest BCUT2D eigenvalue weighted by Gasteiger charge is -2.18. The first-order valence-electron chi connectivity index (χ1n) is 4.47. The van der Waals surface area contributed by atoms with Crippen molar-refractivity contribution in [1.82, 2.24) is 10.2 Å². The molecule has 0 unspecified atom stereocenters. The van der Waals surface area contributed by atoms with Crippen LogP contribution in [-0.2, 0) is 4.94 Å². The lowest BCUT2D eigenvalue weighted by molar-refractivity contribution is -0.758. The Kier molecular flexibility index (Phi) is 2.49. The Morgan fingerprint density at radius 3 is 3.06 bits per heavy atom. The van der Waals surface area contributed by atoms with E-state index in [1.54, 1.807) is 18.3 Å². The third kappa shape index (κ3) is 2.07. The Hall–Kier alpha value is -2.84.